The van der Waals surface area contributed by atoms with Crippen molar-refractivity contribution in [2.24, 2.45) is 5.73 Å². The Kier molecular flexibility index (Phi) is 7.52. The number of anilines is 2. The first-order valence-corrected chi connectivity index (χ1v) is 13.5. The van der Waals surface area contributed by atoms with Crippen molar-refractivity contribution in [1.29, 1.82) is 0 Å². The van der Waals surface area contributed by atoms with Crippen LogP contribution in [0.4, 0.5) is 16.2 Å². The van der Waals surface area contributed by atoms with E-state index in [1.165, 1.54) is 12.1 Å². The van der Waals surface area contributed by atoms with Gasteiger partial charge in [-0.3, -0.25) is 4.72 Å². The molecule has 4 aromatic rings. The van der Waals surface area contributed by atoms with Gasteiger partial charge in [-0.05, 0) is 85.5 Å². The highest BCUT2D eigenvalue weighted by molar-refractivity contribution is 7.92. The highest BCUT2D eigenvalue weighted by atomic mass is 32.2. The number of nitrogens with one attached hydrogen (secondary N) is 3. The maximum atomic E-state index is 12.8. The summed E-state index contributed by atoms with van der Waals surface area (Å²) in [6.45, 7) is 5.81. The zero-order valence-corrected chi connectivity index (χ0v) is 22.0. The number of amides is 2. The number of hydrogen-bond donors (Lipinski definition) is 4. The average molecular weight is 517 g/mol. The van der Waals surface area contributed by atoms with Crippen molar-refractivity contribution < 1.29 is 13.2 Å². The maximum Gasteiger partial charge on any atom is 0.319 e. The summed E-state index contributed by atoms with van der Waals surface area (Å²) < 4.78 is 28.2. The van der Waals surface area contributed by atoms with Crippen LogP contribution in [0.15, 0.2) is 95.9 Å². The minimum absolute atomic E-state index is 0.0924. The molecule has 0 spiro atoms. The molecule has 0 saturated heterocycles. The van der Waals surface area contributed by atoms with Crippen LogP contribution in [0.1, 0.15) is 37.9 Å². The molecule has 37 heavy (non-hydrogen) atoms. The van der Waals surface area contributed by atoms with Crippen LogP contribution in [0, 0.1) is 0 Å². The van der Waals surface area contributed by atoms with E-state index < -0.39 is 10.0 Å². The van der Waals surface area contributed by atoms with Crippen molar-refractivity contribution in [1.82, 2.24) is 5.32 Å². The van der Waals surface area contributed by atoms with E-state index in [0.717, 1.165) is 21.9 Å². The number of carbonyl (C=O) groups is 1. The number of benzene rings is 4. The van der Waals surface area contributed by atoms with Gasteiger partial charge in [-0.1, -0.05) is 54.6 Å². The Morgan fingerprint density at radius 1 is 0.865 bits per heavy atom. The van der Waals surface area contributed by atoms with Crippen LogP contribution in [0.5, 0.6) is 0 Å². The van der Waals surface area contributed by atoms with E-state index in [2.05, 4.69) is 15.4 Å². The highest BCUT2D eigenvalue weighted by Crippen LogP contribution is 2.24. The SMILES string of the molecule is C[C@@H](NC(=O)Nc1ccc(S(=O)(=O)Nc2ccc(CC(C)(C)N)cc2)cc1)c1cccc2ccccc12. The summed E-state index contributed by atoms with van der Waals surface area (Å²) in [5, 5.41) is 7.90. The fourth-order valence-corrected chi connectivity index (χ4v) is 5.28. The Morgan fingerprint density at radius 2 is 1.49 bits per heavy atom. The van der Waals surface area contributed by atoms with Gasteiger partial charge in [0.1, 0.15) is 0 Å². The molecule has 0 unspecified atom stereocenters. The van der Waals surface area contributed by atoms with Crippen molar-refractivity contribution in [3.8, 4) is 0 Å². The number of carbonyl (C=O) groups excluding carboxylic acids is 1. The Hall–Kier alpha value is -3.88. The summed E-state index contributed by atoms with van der Waals surface area (Å²) >= 11 is 0. The number of fused-ring (bicyclic) bond motifs is 1. The number of urea groups is 1. The summed E-state index contributed by atoms with van der Waals surface area (Å²) in [5.74, 6) is 0. The second-order valence-corrected chi connectivity index (χ2v) is 11.6. The van der Waals surface area contributed by atoms with Gasteiger partial charge in [0.05, 0.1) is 10.9 Å². The van der Waals surface area contributed by atoms with Crippen LogP contribution in [0.3, 0.4) is 0 Å². The molecule has 192 valence electrons. The lowest BCUT2D eigenvalue weighted by molar-refractivity contribution is 0.249. The molecule has 0 heterocycles. The first-order chi connectivity index (χ1) is 17.5. The summed E-state index contributed by atoms with van der Waals surface area (Å²) in [4.78, 5) is 12.7. The van der Waals surface area contributed by atoms with Gasteiger partial charge in [0.25, 0.3) is 10.0 Å². The van der Waals surface area contributed by atoms with E-state index in [9.17, 15) is 13.2 Å². The standard InChI is InChI=1S/C29H32N4O3S/c1-20(26-10-6-8-22-7-4-5-9-27(22)26)31-28(34)32-23-15-17-25(18-16-23)37(35,36)33-24-13-11-21(12-14-24)19-29(2,3)30/h4-18,20,33H,19,30H2,1-3H3,(H2,31,32,34)/t20-/m1/s1. The molecule has 0 radical (unpaired) electrons. The molecule has 0 saturated carbocycles. The Labute approximate surface area is 218 Å². The number of hydrogen-bond acceptors (Lipinski definition) is 4. The summed E-state index contributed by atoms with van der Waals surface area (Å²) in [6, 6.07) is 26.6. The Morgan fingerprint density at radius 3 is 2.16 bits per heavy atom. The minimum Gasteiger partial charge on any atom is -0.331 e. The molecule has 4 rings (SSSR count). The van der Waals surface area contributed by atoms with E-state index in [-0.39, 0.29) is 22.5 Å². The number of sulfonamides is 1. The largest absolute Gasteiger partial charge is 0.331 e. The third-order valence-corrected chi connectivity index (χ3v) is 7.32. The van der Waals surface area contributed by atoms with Crippen LogP contribution in [0.2, 0.25) is 0 Å². The van der Waals surface area contributed by atoms with Crippen molar-refractivity contribution in [2.45, 2.75) is 43.7 Å². The Bertz CT molecular complexity index is 1490. The monoisotopic (exact) mass is 516 g/mol. The predicted octanol–water partition coefficient (Wildman–Crippen LogP) is 5.80. The molecule has 1 atom stereocenters. The highest BCUT2D eigenvalue weighted by Gasteiger charge is 2.16. The molecule has 0 aliphatic rings. The van der Waals surface area contributed by atoms with Crippen molar-refractivity contribution in [3.63, 3.8) is 0 Å². The van der Waals surface area contributed by atoms with E-state index in [1.54, 1.807) is 24.3 Å². The van der Waals surface area contributed by atoms with Crippen LogP contribution in [-0.2, 0) is 16.4 Å². The lowest BCUT2D eigenvalue weighted by Gasteiger charge is -2.18. The van der Waals surface area contributed by atoms with E-state index in [4.69, 9.17) is 5.73 Å². The second-order valence-electron chi connectivity index (χ2n) is 9.88. The van der Waals surface area contributed by atoms with Crippen LogP contribution in [-0.4, -0.2) is 20.0 Å². The molecule has 0 aromatic heterocycles. The summed E-state index contributed by atoms with van der Waals surface area (Å²) in [7, 11) is -3.79. The molecular weight excluding hydrogens is 484 g/mol. The lowest BCUT2D eigenvalue weighted by Crippen LogP contribution is -2.34. The van der Waals surface area contributed by atoms with Gasteiger partial charge in [0.15, 0.2) is 0 Å². The van der Waals surface area contributed by atoms with Crippen molar-refractivity contribution in [2.75, 3.05) is 10.0 Å². The smallest absolute Gasteiger partial charge is 0.319 e. The molecular formula is C29H32N4O3S. The molecule has 0 fully saturated rings. The molecule has 0 aliphatic heterocycles. The van der Waals surface area contributed by atoms with E-state index >= 15 is 0 Å². The first kappa shape index (κ1) is 26.2. The average Bonchev–Trinajstić information content (AvgIpc) is 2.84. The van der Waals surface area contributed by atoms with Gasteiger partial charge in [-0.25, -0.2) is 13.2 Å². The molecule has 5 N–H and O–H groups in total. The zero-order valence-electron chi connectivity index (χ0n) is 21.2. The molecule has 0 aliphatic carbocycles. The third-order valence-electron chi connectivity index (χ3n) is 5.93. The van der Waals surface area contributed by atoms with Crippen molar-refractivity contribution in [3.05, 3.63) is 102 Å². The van der Waals surface area contributed by atoms with E-state index in [1.807, 2.05) is 75.4 Å². The van der Waals surface area contributed by atoms with Gasteiger partial charge in [0, 0.05) is 16.9 Å². The number of nitrogens with two attached hydrogens (primary N) is 1. The summed E-state index contributed by atoms with van der Waals surface area (Å²) in [5.41, 5.74) is 8.69. The topological polar surface area (TPSA) is 113 Å². The van der Waals surface area contributed by atoms with Crippen LogP contribution < -0.4 is 21.1 Å². The lowest BCUT2D eigenvalue weighted by atomic mass is 9.96. The number of rotatable bonds is 8. The normalized spacial score (nSPS) is 12.6. The molecule has 8 heteroatoms. The fourth-order valence-electron chi connectivity index (χ4n) is 4.22. The van der Waals surface area contributed by atoms with Gasteiger partial charge in [-0.2, -0.15) is 0 Å². The third kappa shape index (κ3) is 6.87. The van der Waals surface area contributed by atoms with Crippen molar-refractivity contribution >= 4 is 38.2 Å². The first-order valence-electron chi connectivity index (χ1n) is 12.1. The zero-order chi connectivity index (χ0) is 26.6. The quantitative estimate of drug-likeness (QED) is 0.237. The van der Waals surface area contributed by atoms with Gasteiger partial charge in [-0.15, -0.1) is 0 Å². The molecule has 7 nitrogen and oxygen atoms in total. The van der Waals surface area contributed by atoms with Gasteiger partial charge < -0.3 is 16.4 Å². The second kappa shape index (κ2) is 10.6. The molecule has 2 amide bonds. The maximum absolute atomic E-state index is 12.8. The minimum atomic E-state index is -3.79. The molecule has 0 bridgehead atoms. The van der Waals surface area contributed by atoms with Gasteiger partial charge >= 0.3 is 6.03 Å². The molecule has 4 aromatic carbocycles. The van der Waals surface area contributed by atoms with E-state index in [0.29, 0.717) is 17.8 Å². The Balaban J connectivity index is 1.37. The fraction of sp³-hybridized carbons (Fsp3) is 0.207. The van der Waals surface area contributed by atoms with Gasteiger partial charge in [0.2, 0.25) is 0 Å². The predicted molar refractivity (Wildman–Crippen MR) is 150 cm³/mol. The summed E-state index contributed by atoms with van der Waals surface area (Å²) in [6.07, 6.45) is 0.683. The van der Waals surface area contributed by atoms with Crippen LogP contribution in [0.25, 0.3) is 10.8 Å². The van der Waals surface area contributed by atoms with Crippen LogP contribution >= 0.6 is 0 Å².